The first kappa shape index (κ1) is 17.6. The number of allylic oxidation sites excluding steroid dienone is 1. The van der Waals surface area contributed by atoms with Crippen molar-refractivity contribution < 1.29 is 19.6 Å². The van der Waals surface area contributed by atoms with Crippen LogP contribution < -0.4 is 0 Å². The van der Waals surface area contributed by atoms with Crippen molar-refractivity contribution in [2.75, 3.05) is 0 Å². The van der Waals surface area contributed by atoms with Gasteiger partial charge in [-0.15, -0.1) is 0 Å². The third-order valence-corrected chi connectivity index (χ3v) is 1.57. The van der Waals surface area contributed by atoms with Gasteiger partial charge in [0.05, 0.1) is 11.2 Å². The van der Waals surface area contributed by atoms with Crippen LogP contribution in [-0.2, 0) is 19.6 Å². The van der Waals surface area contributed by atoms with E-state index in [4.69, 9.17) is 19.6 Å². The lowest BCUT2D eigenvalue weighted by molar-refractivity contribution is -0.522. The van der Waals surface area contributed by atoms with Crippen molar-refractivity contribution in [1.29, 1.82) is 0 Å². The summed E-state index contributed by atoms with van der Waals surface area (Å²) >= 11 is 0. The molecule has 0 saturated heterocycles. The topological polar surface area (TPSA) is 36.9 Å². The SMILES string of the molecule is CCC=CC(C)(OOC(C)(C)C)OOC(C)(C)C. The van der Waals surface area contributed by atoms with Gasteiger partial charge in [-0.1, -0.05) is 13.0 Å². The molecule has 0 aliphatic carbocycles. The Kier molecular flexibility index (Phi) is 6.51. The summed E-state index contributed by atoms with van der Waals surface area (Å²) in [5, 5.41) is 0. The smallest absolute Gasteiger partial charge is 0.228 e. The average Bonchev–Trinajstić information content (AvgIpc) is 2.19. The molecule has 0 saturated carbocycles. The minimum Gasteiger partial charge on any atom is -0.228 e. The van der Waals surface area contributed by atoms with E-state index in [-0.39, 0.29) is 0 Å². The Morgan fingerprint density at radius 2 is 1.11 bits per heavy atom. The molecule has 0 rings (SSSR count). The highest BCUT2D eigenvalue weighted by atomic mass is 17.3. The molecule has 0 fully saturated rings. The largest absolute Gasteiger partial charge is 0.249 e. The monoisotopic (exact) mass is 260 g/mol. The van der Waals surface area contributed by atoms with Crippen LogP contribution in [0.25, 0.3) is 0 Å². The van der Waals surface area contributed by atoms with Crippen LogP contribution in [0.4, 0.5) is 0 Å². The van der Waals surface area contributed by atoms with E-state index in [1.165, 1.54) is 0 Å². The molecule has 4 heteroatoms. The van der Waals surface area contributed by atoms with Gasteiger partial charge in [-0.05, 0) is 61.0 Å². The Labute approximate surface area is 111 Å². The molecular formula is C14H28O4. The van der Waals surface area contributed by atoms with Gasteiger partial charge in [-0.2, -0.15) is 9.78 Å². The second-order valence-electron chi connectivity index (χ2n) is 6.38. The van der Waals surface area contributed by atoms with Gasteiger partial charge in [0.25, 0.3) is 0 Å². The molecule has 18 heavy (non-hydrogen) atoms. The van der Waals surface area contributed by atoms with E-state index in [0.29, 0.717) is 0 Å². The van der Waals surface area contributed by atoms with Gasteiger partial charge in [0.2, 0.25) is 5.79 Å². The van der Waals surface area contributed by atoms with Crippen LogP contribution in [0.1, 0.15) is 61.8 Å². The van der Waals surface area contributed by atoms with Crippen molar-refractivity contribution >= 4 is 0 Å². The van der Waals surface area contributed by atoms with Crippen molar-refractivity contribution in [3.63, 3.8) is 0 Å². The zero-order valence-electron chi connectivity index (χ0n) is 13.0. The van der Waals surface area contributed by atoms with Crippen LogP contribution in [0, 0.1) is 0 Å². The maximum atomic E-state index is 5.36. The van der Waals surface area contributed by atoms with E-state index in [2.05, 4.69) is 0 Å². The molecular weight excluding hydrogens is 232 g/mol. The van der Waals surface area contributed by atoms with Crippen molar-refractivity contribution in [3.05, 3.63) is 12.2 Å². The minimum atomic E-state index is -1.06. The lowest BCUT2D eigenvalue weighted by Crippen LogP contribution is -2.37. The summed E-state index contributed by atoms with van der Waals surface area (Å²) in [6.45, 7) is 15.2. The Hall–Kier alpha value is -0.420. The predicted octanol–water partition coefficient (Wildman–Crippen LogP) is 4.16. The number of hydrogen-bond donors (Lipinski definition) is 0. The predicted molar refractivity (Wildman–Crippen MR) is 71.7 cm³/mol. The maximum Gasteiger partial charge on any atom is 0.249 e. The summed E-state index contributed by atoms with van der Waals surface area (Å²) in [7, 11) is 0. The van der Waals surface area contributed by atoms with Crippen molar-refractivity contribution in [1.82, 2.24) is 0 Å². The van der Waals surface area contributed by atoms with Gasteiger partial charge in [-0.25, -0.2) is 9.78 Å². The summed E-state index contributed by atoms with van der Waals surface area (Å²) in [4.78, 5) is 21.3. The molecule has 0 aromatic heterocycles. The van der Waals surface area contributed by atoms with E-state index in [1.54, 1.807) is 13.0 Å². The van der Waals surface area contributed by atoms with Crippen LogP contribution in [0.3, 0.4) is 0 Å². The van der Waals surface area contributed by atoms with Gasteiger partial charge in [-0.3, -0.25) is 0 Å². The normalized spacial score (nSPS) is 14.4. The van der Waals surface area contributed by atoms with Gasteiger partial charge in [0.1, 0.15) is 0 Å². The van der Waals surface area contributed by atoms with E-state index >= 15 is 0 Å². The summed E-state index contributed by atoms with van der Waals surface area (Å²) in [6, 6.07) is 0. The molecule has 0 unspecified atom stereocenters. The molecule has 0 aliphatic heterocycles. The molecule has 0 atom stereocenters. The lowest BCUT2D eigenvalue weighted by atomic mass is 10.2. The molecule has 0 radical (unpaired) electrons. The van der Waals surface area contributed by atoms with E-state index in [1.807, 2.05) is 54.5 Å². The van der Waals surface area contributed by atoms with E-state index < -0.39 is 17.0 Å². The summed E-state index contributed by atoms with van der Waals surface area (Å²) in [5.41, 5.74) is -0.821. The van der Waals surface area contributed by atoms with Crippen LogP contribution in [-0.4, -0.2) is 17.0 Å². The van der Waals surface area contributed by atoms with Gasteiger partial charge >= 0.3 is 0 Å². The maximum absolute atomic E-state index is 5.36. The molecule has 0 heterocycles. The second kappa shape index (κ2) is 6.66. The van der Waals surface area contributed by atoms with Crippen LogP contribution in [0.2, 0.25) is 0 Å². The third-order valence-electron chi connectivity index (χ3n) is 1.57. The average molecular weight is 260 g/mol. The first-order chi connectivity index (χ1) is 7.97. The second-order valence-corrected chi connectivity index (χ2v) is 6.38. The molecule has 4 nitrogen and oxygen atoms in total. The molecule has 0 spiro atoms. The molecule has 0 aromatic rings. The van der Waals surface area contributed by atoms with E-state index in [9.17, 15) is 0 Å². The van der Waals surface area contributed by atoms with Gasteiger partial charge in [0.15, 0.2) is 0 Å². The molecule has 108 valence electrons. The first-order valence-corrected chi connectivity index (χ1v) is 6.39. The van der Waals surface area contributed by atoms with Crippen molar-refractivity contribution in [2.45, 2.75) is 78.8 Å². The quantitative estimate of drug-likeness (QED) is 0.311. The number of hydrogen-bond acceptors (Lipinski definition) is 4. The fourth-order valence-corrected chi connectivity index (χ4v) is 0.817. The molecule has 0 bridgehead atoms. The van der Waals surface area contributed by atoms with E-state index in [0.717, 1.165) is 6.42 Å². The zero-order chi connectivity index (χ0) is 14.4. The summed E-state index contributed by atoms with van der Waals surface area (Å²) in [6.07, 6.45) is 4.61. The van der Waals surface area contributed by atoms with Crippen LogP contribution in [0.15, 0.2) is 12.2 Å². The molecule has 0 aliphatic rings. The van der Waals surface area contributed by atoms with Crippen LogP contribution in [0.5, 0.6) is 0 Å². The highest BCUT2D eigenvalue weighted by Crippen LogP contribution is 2.22. The fraction of sp³-hybridized carbons (Fsp3) is 0.857. The van der Waals surface area contributed by atoms with Gasteiger partial charge < -0.3 is 0 Å². The Morgan fingerprint density at radius 1 is 0.722 bits per heavy atom. The molecule has 0 amide bonds. The summed E-state index contributed by atoms with van der Waals surface area (Å²) in [5.74, 6) is -1.06. The molecule has 0 aromatic carbocycles. The van der Waals surface area contributed by atoms with Crippen LogP contribution >= 0.6 is 0 Å². The van der Waals surface area contributed by atoms with Crippen molar-refractivity contribution in [3.8, 4) is 0 Å². The fourth-order valence-electron chi connectivity index (χ4n) is 0.817. The van der Waals surface area contributed by atoms with Crippen molar-refractivity contribution in [2.24, 2.45) is 0 Å². The highest BCUT2D eigenvalue weighted by molar-refractivity contribution is 4.92. The third kappa shape index (κ3) is 9.59. The minimum absolute atomic E-state index is 0.410. The Balaban J connectivity index is 4.57. The Morgan fingerprint density at radius 3 is 1.39 bits per heavy atom. The number of rotatable bonds is 6. The highest BCUT2D eigenvalue weighted by Gasteiger charge is 2.30. The zero-order valence-corrected chi connectivity index (χ0v) is 13.0. The first-order valence-electron chi connectivity index (χ1n) is 6.39. The summed E-state index contributed by atoms with van der Waals surface area (Å²) < 4.78 is 0. The lowest BCUT2D eigenvalue weighted by Gasteiger charge is -2.30. The Bertz CT molecular complexity index is 240. The van der Waals surface area contributed by atoms with Gasteiger partial charge in [0, 0.05) is 0 Å². The molecule has 0 N–H and O–H groups in total. The standard InChI is InChI=1S/C14H28O4/c1-9-10-11-14(8,17-15-12(2,3)4)18-16-13(5,6)7/h10-11H,9H2,1-8H3.